The van der Waals surface area contributed by atoms with E-state index in [-0.39, 0.29) is 12.2 Å². The maximum absolute atomic E-state index is 12.4. The summed E-state index contributed by atoms with van der Waals surface area (Å²) in [5, 5.41) is 10.0. The SMILES string of the molecule is Cc1cc(C(=O)Cc2ccc3c(c2)B(O)OC3(C)C)c(C)o1. The lowest BCUT2D eigenvalue weighted by atomic mass is 9.77. The van der Waals surface area contributed by atoms with E-state index in [1.807, 2.05) is 39.0 Å². The van der Waals surface area contributed by atoms with Crippen molar-refractivity contribution in [2.45, 2.75) is 39.7 Å². The molecule has 4 nitrogen and oxygen atoms in total. The molecular weight excluding hydrogens is 279 g/mol. The molecule has 1 aromatic carbocycles. The van der Waals surface area contributed by atoms with Gasteiger partial charge >= 0.3 is 7.12 Å². The average molecular weight is 298 g/mol. The van der Waals surface area contributed by atoms with Gasteiger partial charge in [-0.05, 0) is 50.4 Å². The Kier molecular flexibility index (Phi) is 3.50. The van der Waals surface area contributed by atoms with Crippen LogP contribution in [-0.2, 0) is 16.7 Å². The highest BCUT2D eigenvalue weighted by Crippen LogP contribution is 2.30. The summed E-state index contributed by atoms with van der Waals surface area (Å²) in [6.45, 7) is 7.47. The smallest absolute Gasteiger partial charge is 0.466 e. The molecule has 0 aliphatic carbocycles. The quantitative estimate of drug-likeness (QED) is 0.697. The Morgan fingerprint density at radius 1 is 1.27 bits per heavy atom. The van der Waals surface area contributed by atoms with E-state index in [9.17, 15) is 9.82 Å². The molecule has 22 heavy (non-hydrogen) atoms. The second kappa shape index (κ2) is 5.11. The Hall–Kier alpha value is -1.85. The van der Waals surface area contributed by atoms with Gasteiger partial charge in [-0.2, -0.15) is 0 Å². The maximum atomic E-state index is 12.4. The van der Waals surface area contributed by atoms with Gasteiger partial charge in [-0.1, -0.05) is 18.2 Å². The maximum Gasteiger partial charge on any atom is 0.492 e. The Morgan fingerprint density at radius 2 is 2.00 bits per heavy atom. The van der Waals surface area contributed by atoms with Gasteiger partial charge in [0.25, 0.3) is 0 Å². The molecule has 1 aliphatic heterocycles. The van der Waals surface area contributed by atoms with E-state index in [0.29, 0.717) is 11.3 Å². The van der Waals surface area contributed by atoms with Crippen molar-refractivity contribution in [1.29, 1.82) is 0 Å². The Balaban J connectivity index is 1.87. The van der Waals surface area contributed by atoms with E-state index in [1.165, 1.54) is 0 Å². The lowest BCUT2D eigenvalue weighted by molar-refractivity contribution is 0.0990. The number of fused-ring (bicyclic) bond motifs is 1. The monoisotopic (exact) mass is 298 g/mol. The molecule has 0 bridgehead atoms. The van der Waals surface area contributed by atoms with Crippen LogP contribution >= 0.6 is 0 Å². The van der Waals surface area contributed by atoms with E-state index in [1.54, 1.807) is 13.0 Å². The van der Waals surface area contributed by atoms with Crippen LogP contribution in [0.3, 0.4) is 0 Å². The lowest BCUT2D eigenvalue weighted by Gasteiger charge is -2.19. The number of aryl methyl sites for hydroxylation is 2. The first-order valence-electron chi connectivity index (χ1n) is 7.37. The number of carbonyl (C=O) groups excluding carboxylic acids is 1. The average Bonchev–Trinajstić information content (AvgIpc) is 2.87. The van der Waals surface area contributed by atoms with E-state index in [0.717, 1.165) is 22.3 Å². The molecule has 0 amide bonds. The topological polar surface area (TPSA) is 59.7 Å². The molecule has 0 fully saturated rings. The summed E-state index contributed by atoms with van der Waals surface area (Å²) in [6, 6.07) is 7.48. The molecule has 5 heteroatoms. The lowest BCUT2D eigenvalue weighted by Crippen LogP contribution is -2.29. The molecule has 1 aliphatic rings. The third kappa shape index (κ3) is 2.51. The summed E-state index contributed by atoms with van der Waals surface area (Å²) >= 11 is 0. The van der Waals surface area contributed by atoms with Gasteiger partial charge in [0.1, 0.15) is 11.5 Å². The summed E-state index contributed by atoms with van der Waals surface area (Å²) in [7, 11) is -0.932. The van der Waals surface area contributed by atoms with Crippen LogP contribution in [0, 0.1) is 13.8 Å². The number of carbonyl (C=O) groups is 1. The number of rotatable bonds is 3. The van der Waals surface area contributed by atoms with Crippen molar-refractivity contribution in [3.05, 3.63) is 52.5 Å². The zero-order chi connectivity index (χ0) is 16.1. The standard InChI is InChI=1S/C17H19BO4/c1-10-7-13(11(2)21-10)16(19)9-12-5-6-14-15(8-12)18(20)22-17(14,3)4/h5-8,20H,9H2,1-4H3. The molecule has 0 saturated carbocycles. The first-order valence-corrected chi connectivity index (χ1v) is 7.37. The van der Waals surface area contributed by atoms with Gasteiger partial charge < -0.3 is 14.1 Å². The highest BCUT2D eigenvalue weighted by molar-refractivity contribution is 6.62. The molecule has 1 aromatic heterocycles. The summed E-state index contributed by atoms with van der Waals surface area (Å²) in [5.41, 5.74) is 2.69. The summed E-state index contributed by atoms with van der Waals surface area (Å²) in [6.07, 6.45) is 0.278. The van der Waals surface area contributed by atoms with E-state index in [4.69, 9.17) is 9.07 Å². The minimum absolute atomic E-state index is 0.0157. The molecule has 2 aromatic rings. The van der Waals surface area contributed by atoms with Crippen molar-refractivity contribution >= 4 is 18.4 Å². The predicted molar refractivity (Wildman–Crippen MR) is 84.4 cm³/mol. The van der Waals surface area contributed by atoms with Crippen LogP contribution in [0.5, 0.6) is 0 Å². The molecular formula is C17H19BO4. The van der Waals surface area contributed by atoms with Gasteiger partial charge in [0, 0.05) is 6.42 Å². The van der Waals surface area contributed by atoms with Gasteiger partial charge in [0.15, 0.2) is 5.78 Å². The molecule has 114 valence electrons. The highest BCUT2D eigenvalue weighted by Gasteiger charge is 2.40. The fourth-order valence-corrected chi connectivity index (χ4v) is 3.07. The molecule has 0 saturated heterocycles. The largest absolute Gasteiger partial charge is 0.492 e. The molecule has 2 heterocycles. The molecule has 3 rings (SSSR count). The minimum atomic E-state index is -0.932. The minimum Gasteiger partial charge on any atom is -0.466 e. The zero-order valence-electron chi connectivity index (χ0n) is 13.3. The van der Waals surface area contributed by atoms with Crippen molar-refractivity contribution in [2.75, 3.05) is 0 Å². The molecule has 0 spiro atoms. The second-order valence-corrected chi connectivity index (χ2v) is 6.33. The number of hydrogen-bond donors (Lipinski definition) is 1. The zero-order valence-corrected chi connectivity index (χ0v) is 13.3. The van der Waals surface area contributed by atoms with Crippen LogP contribution in [0.1, 0.15) is 46.9 Å². The van der Waals surface area contributed by atoms with Crippen LogP contribution in [0.2, 0.25) is 0 Å². The van der Waals surface area contributed by atoms with Gasteiger partial charge in [0.05, 0.1) is 11.2 Å². The number of hydrogen-bond acceptors (Lipinski definition) is 4. The summed E-state index contributed by atoms with van der Waals surface area (Å²) < 4.78 is 11.0. The van der Waals surface area contributed by atoms with Gasteiger partial charge in [-0.15, -0.1) is 0 Å². The fourth-order valence-electron chi connectivity index (χ4n) is 3.07. The summed E-state index contributed by atoms with van der Waals surface area (Å²) in [5.74, 6) is 1.40. The van der Waals surface area contributed by atoms with Crippen LogP contribution in [-0.4, -0.2) is 17.9 Å². The van der Waals surface area contributed by atoms with Crippen molar-refractivity contribution in [3.63, 3.8) is 0 Å². The van der Waals surface area contributed by atoms with Crippen LogP contribution in [0.4, 0.5) is 0 Å². The van der Waals surface area contributed by atoms with E-state index >= 15 is 0 Å². The van der Waals surface area contributed by atoms with Gasteiger partial charge in [-0.3, -0.25) is 4.79 Å². The third-order valence-corrected chi connectivity index (χ3v) is 4.14. The molecule has 1 N–H and O–H groups in total. The van der Waals surface area contributed by atoms with Crippen molar-refractivity contribution < 1.29 is 18.9 Å². The van der Waals surface area contributed by atoms with Crippen molar-refractivity contribution in [2.24, 2.45) is 0 Å². The Morgan fingerprint density at radius 3 is 2.64 bits per heavy atom. The van der Waals surface area contributed by atoms with Crippen LogP contribution < -0.4 is 5.46 Å². The van der Waals surface area contributed by atoms with Crippen LogP contribution in [0.25, 0.3) is 0 Å². The predicted octanol–water partition coefficient (Wildman–Crippen LogP) is 2.27. The molecule has 0 atom stereocenters. The number of Topliss-reactive ketones (excluding diaryl/α,β-unsaturated/α-hetero) is 1. The Labute approximate surface area is 130 Å². The molecule has 0 unspecified atom stereocenters. The first-order chi connectivity index (χ1) is 10.3. The number of furan rings is 1. The third-order valence-electron chi connectivity index (χ3n) is 4.14. The second-order valence-electron chi connectivity index (χ2n) is 6.33. The van der Waals surface area contributed by atoms with Crippen molar-refractivity contribution in [1.82, 2.24) is 0 Å². The number of ketones is 1. The van der Waals surface area contributed by atoms with Crippen molar-refractivity contribution in [3.8, 4) is 0 Å². The number of benzene rings is 1. The summed E-state index contributed by atoms with van der Waals surface area (Å²) in [4.78, 5) is 12.4. The van der Waals surface area contributed by atoms with Gasteiger partial charge in [-0.25, -0.2) is 0 Å². The van der Waals surface area contributed by atoms with Crippen LogP contribution in [0.15, 0.2) is 28.7 Å². The molecule has 0 radical (unpaired) electrons. The van der Waals surface area contributed by atoms with Gasteiger partial charge in [0.2, 0.25) is 0 Å². The highest BCUT2D eigenvalue weighted by atomic mass is 16.5. The fraction of sp³-hybridized carbons (Fsp3) is 0.353. The van der Waals surface area contributed by atoms with E-state index < -0.39 is 12.7 Å². The first kappa shape index (κ1) is 15.1. The van der Waals surface area contributed by atoms with E-state index in [2.05, 4.69) is 0 Å². The Bertz CT molecular complexity index is 745. The normalized spacial score (nSPS) is 16.0.